The molecule has 3 rings (SSSR count). The molecule has 1 aromatic carbocycles. The first-order valence-electron chi connectivity index (χ1n) is 8.15. The monoisotopic (exact) mass is 290 g/mol. The Balaban J connectivity index is 1.59. The molecular formula is C17H26N2O2. The maximum Gasteiger partial charge on any atom is 0.231 e. The van der Waals surface area contributed by atoms with Gasteiger partial charge in [0.15, 0.2) is 11.5 Å². The summed E-state index contributed by atoms with van der Waals surface area (Å²) in [5, 5.41) is 3.64. The Kier molecular flexibility index (Phi) is 4.54. The fourth-order valence-corrected chi connectivity index (χ4v) is 3.39. The predicted molar refractivity (Wildman–Crippen MR) is 85.1 cm³/mol. The third-order valence-corrected chi connectivity index (χ3v) is 4.56. The Morgan fingerprint density at radius 2 is 2.19 bits per heavy atom. The van der Waals surface area contributed by atoms with Gasteiger partial charge in [0.05, 0.1) is 0 Å². The molecule has 2 heterocycles. The highest BCUT2D eigenvalue weighted by Crippen LogP contribution is 2.35. The number of anilines is 1. The van der Waals surface area contributed by atoms with Crippen LogP contribution in [0.25, 0.3) is 0 Å². The molecule has 1 saturated heterocycles. The molecule has 21 heavy (non-hydrogen) atoms. The summed E-state index contributed by atoms with van der Waals surface area (Å²) in [5.74, 6) is 2.42. The van der Waals surface area contributed by atoms with Crippen LogP contribution in [0.15, 0.2) is 18.2 Å². The third-order valence-electron chi connectivity index (χ3n) is 4.56. The van der Waals surface area contributed by atoms with Gasteiger partial charge in [0.1, 0.15) is 0 Å². The number of rotatable bonds is 5. The van der Waals surface area contributed by atoms with E-state index in [0.717, 1.165) is 23.1 Å². The molecule has 2 unspecified atom stereocenters. The molecule has 0 aliphatic carbocycles. The summed E-state index contributed by atoms with van der Waals surface area (Å²) < 4.78 is 10.8. The molecule has 4 heteroatoms. The van der Waals surface area contributed by atoms with Crippen LogP contribution in [0.2, 0.25) is 0 Å². The second-order valence-electron chi connectivity index (χ2n) is 6.20. The Labute approximate surface area is 127 Å². The minimum Gasteiger partial charge on any atom is -0.454 e. The lowest BCUT2D eigenvalue weighted by Crippen LogP contribution is -2.42. The molecule has 2 aliphatic rings. The van der Waals surface area contributed by atoms with Crippen molar-refractivity contribution in [2.24, 2.45) is 5.92 Å². The lowest BCUT2D eigenvalue weighted by molar-refractivity contribution is 0.165. The first kappa shape index (κ1) is 14.5. The number of hydrogen-bond acceptors (Lipinski definition) is 4. The van der Waals surface area contributed by atoms with Crippen molar-refractivity contribution in [2.75, 3.05) is 31.7 Å². The molecule has 1 aromatic rings. The molecule has 0 radical (unpaired) electrons. The Morgan fingerprint density at radius 1 is 1.33 bits per heavy atom. The molecule has 0 aromatic heterocycles. The minimum atomic E-state index is 0.336. The summed E-state index contributed by atoms with van der Waals surface area (Å²) in [5.41, 5.74) is 1.12. The van der Waals surface area contributed by atoms with Crippen LogP contribution in [0.1, 0.15) is 33.1 Å². The molecule has 4 nitrogen and oxygen atoms in total. The SMILES string of the molecule is CCCN1CCCC(C(C)Nc2ccc3c(c2)OCO3)C1. The maximum absolute atomic E-state index is 5.44. The van der Waals surface area contributed by atoms with Crippen LogP contribution in [0.4, 0.5) is 5.69 Å². The molecule has 2 aliphatic heterocycles. The summed E-state index contributed by atoms with van der Waals surface area (Å²) >= 11 is 0. The normalized spacial score (nSPS) is 23.0. The molecule has 1 N–H and O–H groups in total. The third kappa shape index (κ3) is 3.43. The molecule has 0 amide bonds. The number of ether oxygens (including phenoxy) is 2. The summed E-state index contributed by atoms with van der Waals surface area (Å²) in [6.07, 6.45) is 3.88. The summed E-state index contributed by atoms with van der Waals surface area (Å²) in [4.78, 5) is 2.60. The maximum atomic E-state index is 5.44. The average molecular weight is 290 g/mol. The van der Waals surface area contributed by atoms with Crippen LogP contribution in [-0.4, -0.2) is 37.4 Å². The molecule has 0 saturated carbocycles. The highest BCUT2D eigenvalue weighted by Gasteiger charge is 2.24. The van der Waals surface area contributed by atoms with E-state index in [2.05, 4.69) is 30.1 Å². The van der Waals surface area contributed by atoms with Crippen molar-refractivity contribution in [3.63, 3.8) is 0 Å². The van der Waals surface area contributed by atoms with Crippen molar-refractivity contribution in [3.05, 3.63) is 18.2 Å². The first-order chi connectivity index (χ1) is 10.3. The Bertz CT molecular complexity index is 476. The Hall–Kier alpha value is -1.42. The summed E-state index contributed by atoms with van der Waals surface area (Å²) in [6, 6.07) is 6.59. The molecule has 2 atom stereocenters. The van der Waals surface area contributed by atoms with E-state index in [1.54, 1.807) is 0 Å². The van der Waals surface area contributed by atoms with Crippen molar-refractivity contribution >= 4 is 5.69 Å². The fourth-order valence-electron chi connectivity index (χ4n) is 3.39. The van der Waals surface area contributed by atoms with E-state index in [1.807, 2.05) is 12.1 Å². The van der Waals surface area contributed by atoms with E-state index in [-0.39, 0.29) is 0 Å². The number of likely N-dealkylation sites (tertiary alicyclic amines) is 1. The van der Waals surface area contributed by atoms with Crippen LogP contribution in [0.5, 0.6) is 11.5 Å². The zero-order valence-corrected chi connectivity index (χ0v) is 13.1. The van der Waals surface area contributed by atoms with Crippen molar-refractivity contribution in [3.8, 4) is 11.5 Å². The summed E-state index contributed by atoms with van der Waals surface area (Å²) in [6.45, 7) is 8.60. The zero-order valence-electron chi connectivity index (χ0n) is 13.1. The molecule has 0 spiro atoms. The van der Waals surface area contributed by atoms with Gasteiger partial charge in [-0.3, -0.25) is 0 Å². The van der Waals surface area contributed by atoms with E-state index in [4.69, 9.17) is 9.47 Å². The van der Waals surface area contributed by atoms with E-state index < -0.39 is 0 Å². The molecule has 1 fully saturated rings. The lowest BCUT2D eigenvalue weighted by Gasteiger charge is -2.36. The molecule has 0 bridgehead atoms. The quantitative estimate of drug-likeness (QED) is 0.902. The van der Waals surface area contributed by atoms with Crippen molar-refractivity contribution in [2.45, 2.75) is 39.2 Å². The van der Waals surface area contributed by atoms with E-state index in [0.29, 0.717) is 12.8 Å². The van der Waals surface area contributed by atoms with Gasteiger partial charge in [-0.2, -0.15) is 0 Å². The number of nitrogens with zero attached hydrogens (tertiary/aromatic N) is 1. The van der Waals surface area contributed by atoms with Gasteiger partial charge in [-0.15, -0.1) is 0 Å². The van der Waals surface area contributed by atoms with E-state index in [1.165, 1.54) is 38.9 Å². The molecule has 116 valence electrons. The van der Waals surface area contributed by atoms with Crippen molar-refractivity contribution in [1.82, 2.24) is 4.90 Å². The number of benzene rings is 1. The van der Waals surface area contributed by atoms with Gasteiger partial charge >= 0.3 is 0 Å². The lowest BCUT2D eigenvalue weighted by atomic mass is 9.91. The van der Waals surface area contributed by atoms with Gasteiger partial charge in [0.25, 0.3) is 0 Å². The predicted octanol–water partition coefficient (Wildman–Crippen LogP) is 3.34. The smallest absolute Gasteiger partial charge is 0.231 e. The standard InChI is InChI=1S/C17H26N2O2/c1-3-8-19-9-4-5-14(11-19)13(2)18-15-6-7-16-17(10-15)21-12-20-16/h6-7,10,13-14,18H,3-5,8-9,11-12H2,1-2H3. The van der Waals surface area contributed by atoms with Crippen LogP contribution in [0.3, 0.4) is 0 Å². The van der Waals surface area contributed by atoms with E-state index in [9.17, 15) is 0 Å². The fraction of sp³-hybridized carbons (Fsp3) is 0.647. The second kappa shape index (κ2) is 6.56. The first-order valence-corrected chi connectivity index (χ1v) is 8.15. The highest BCUT2D eigenvalue weighted by atomic mass is 16.7. The average Bonchev–Trinajstić information content (AvgIpc) is 2.95. The second-order valence-corrected chi connectivity index (χ2v) is 6.20. The van der Waals surface area contributed by atoms with Gasteiger partial charge in [-0.1, -0.05) is 6.92 Å². The number of nitrogens with one attached hydrogen (secondary N) is 1. The van der Waals surface area contributed by atoms with Crippen LogP contribution in [-0.2, 0) is 0 Å². The Morgan fingerprint density at radius 3 is 3.05 bits per heavy atom. The minimum absolute atomic E-state index is 0.336. The summed E-state index contributed by atoms with van der Waals surface area (Å²) in [7, 11) is 0. The van der Waals surface area contributed by atoms with Gasteiger partial charge in [-0.25, -0.2) is 0 Å². The van der Waals surface area contributed by atoms with Crippen molar-refractivity contribution in [1.29, 1.82) is 0 Å². The number of fused-ring (bicyclic) bond motifs is 1. The molecular weight excluding hydrogens is 264 g/mol. The van der Waals surface area contributed by atoms with Gasteiger partial charge in [0.2, 0.25) is 6.79 Å². The van der Waals surface area contributed by atoms with Gasteiger partial charge in [-0.05, 0) is 57.3 Å². The number of piperidine rings is 1. The topological polar surface area (TPSA) is 33.7 Å². The largest absolute Gasteiger partial charge is 0.454 e. The van der Waals surface area contributed by atoms with Crippen LogP contribution < -0.4 is 14.8 Å². The van der Waals surface area contributed by atoms with Crippen LogP contribution >= 0.6 is 0 Å². The zero-order chi connectivity index (χ0) is 14.7. The number of hydrogen-bond donors (Lipinski definition) is 1. The van der Waals surface area contributed by atoms with Crippen molar-refractivity contribution < 1.29 is 9.47 Å². The van der Waals surface area contributed by atoms with Gasteiger partial charge < -0.3 is 19.7 Å². The van der Waals surface area contributed by atoms with Gasteiger partial charge in [0, 0.05) is 24.3 Å². The van der Waals surface area contributed by atoms with Crippen LogP contribution in [0, 0.1) is 5.92 Å². The highest BCUT2D eigenvalue weighted by molar-refractivity contribution is 5.56. The van der Waals surface area contributed by atoms with E-state index >= 15 is 0 Å².